The van der Waals surface area contributed by atoms with Gasteiger partial charge >= 0.3 is 0 Å². The van der Waals surface area contributed by atoms with Crippen molar-refractivity contribution in [2.75, 3.05) is 11.9 Å². The van der Waals surface area contributed by atoms with Crippen LogP contribution in [0.3, 0.4) is 0 Å². The fraction of sp³-hybridized carbons (Fsp3) is 0.222. The van der Waals surface area contributed by atoms with Gasteiger partial charge in [0.2, 0.25) is 0 Å². The second-order valence-electron chi connectivity index (χ2n) is 4.81. The second kappa shape index (κ2) is 7.85. The summed E-state index contributed by atoms with van der Waals surface area (Å²) < 4.78 is 11.0. The highest BCUT2D eigenvalue weighted by Crippen LogP contribution is 2.19. The summed E-state index contributed by atoms with van der Waals surface area (Å²) in [6.07, 6.45) is -0.695. The van der Waals surface area contributed by atoms with E-state index in [1.165, 1.54) is 0 Å². The van der Waals surface area contributed by atoms with E-state index in [2.05, 4.69) is 5.32 Å². The number of nitrogens with zero attached hydrogens (tertiary/aromatic N) is 1. The SMILES string of the molecule is CCOc1ccc(O[C@@H](C)C(=O)Nc2ccccc2C#N)cc1. The van der Waals surface area contributed by atoms with Crippen LogP contribution in [-0.2, 0) is 4.79 Å². The number of anilines is 1. The number of para-hydroxylation sites is 1. The molecule has 0 bridgehead atoms. The van der Waals surface area contributed by atoms with Crippen LogP contribution in [0.2, 0.25) is 0 Å². The quantitative estimate of drug-likeness (QED) is 0.888. The van der Waals surface area contributed by atoms with Crippen molar-refractivity contribution in [3.8, 4) is 17.6 Å². The van der Waals surface area contributed by atoms with Crippen molar-refractivity contribution in [3.05, 3.63) is 54.1 Å². The van der Waals surface area contributed by atoms with Crippen molar-refractivity contribution in [2.45, 2.75) is 20.0 Å². The maximum absolute atomic E-state index is 12.2. The average Bonchev–Trinajstić information content (AvgIpc) is 2.57. The van der Waals surface area contributed by atoms with Crippen LogP contribution in [0.25, 0.3) is 0 Å². The highest BCUT2D eigenvalue weighted by atomic mass is 16.5. The fourth-order valence-electron chi connectivity index (χ4n) is 1.96. The topological polar surface area (TPSA) is 71.3 Å². The predicted molar refractivity (Wildman–Crippen MR) is 87.5 cm³/mol. The number of carbonyl (C=O) groups is 1. The average molecular weight is 310 g/mol. The first kappa shape index (κ1) is 16.4. The van der Waals surface area contributed by atoms with Gasteiger partial charge in [0.25, 0.3) is 5.91 Å². The van der Waals surface area contributed by atoms with Crippen molar-refractivity contribution in [2.24, 2.45) is 0 Å². The summed E-state index contributed by atoms with van der Waals surface area (Å²) in [5, 5.41) is 11.7. The molecule has 2 rings (SSSR count). The van der Waals surface area contributed by atoms with E-state index < -0.39 is 6.10 Å². The smallest absolute Gasteiger partial charge is 0.265 e. The summed E-state index contributed by atoms with van der Waals surface area (Å²) in [5.74, 6) is 1.01. The standard InChI is InChI=1S/C18H18N2O3/c1-3-22-15-8-10-16(11-9-15)23-13(2)18(21)20-17-7-5-4-6-14(17)12-19/h4-11,13H,3H2,1-2H3,(H,20,21)/t13-/m0/s1. The summed E-state index contributed by atoms with van der Waals surface area (Å²) in [6.45, 7) is 4.16. The van der Waals surface area contributed by atoms with Gasteiger partial charge in [-0.05, 0) is 50.2 Å². The molecule has 0 radical (unpaired) electrons. The Kier molecular flexibility index (Phi) is 5.59. The van der Waals surface area contributed by atoms with Crippen LogP contribution in [0.1, 0.15) is 19.4 Å². The second-order valence-corrected chi connectivity index (χ2v) is 4.81. The van der Waals surface area contributed by atoms with Crippen LogP contribution in [0.15, 0.2) is 48.5 Å². The minimum Gasteiger partial charge on any atom is -0.494 e. The fourth-order valence-corrected chi connectivity index (χ4v) is 1.96. The zero-order valence-corrected chi connectivity index (χ0v) is 13.1. The van der Waals surface area contributed by atoms with E-state index >= 15 is 0 Å². The van der Waals surface area contributed by atoms with E-state index in [0.29, 0.717) is 23.6 Å². The normalized spacial score (nSPS) is 11.2. The van der Waals surface area contributed by atoms with Crippen LogP contribution in [0, 0.1) is 11.3 Å². The number of rotatable bonds is 6. The largest absolute Gasteiger partial charge is 0.494 e. The van der Waals surface area contributed by atoms with Gasteiger partial charge in [0.15, 0.2) is 6.10 Å². The zero-order valence-electron chi connectivity index (χ0n) is 13.1. The van der Waals surface area contributed by atoms with Gasteiger partial charge in [0.1, 0.15) is 17.6 Å². The Bertz CT molecular complexity index is 705. The third-order valence-corrected chi connectivity index (χ3v) is 3.12. The Labute approximate surface area is 135 Å². The van der Waals surface area contributed by atoms with E-state index in [4.69, 9.17) is 14.7 Å². The van der Waals surface area contributed by atoms with Gasteiger partial charge in [-0.15, -0.1) is 0 Å². The van der Waals surface area contributed by atoms with Crippen LogP contribution in [0.4, 0.5) is 5.69 Å². The minimum absolute atomic E-state index is 0.318. The Morgan fingerprint density at radius 2 is 1.83 bits per heavy atom. The van der Waals surface area contributed by atoms with Gasteiger partial charge in [-0.25, -0.2) is 0 Å². The summed E-state index contributed by atoms with van der Waals surface area (Å²) in [6, 6.07) is 15.9. The molecule has 0 saturated heterocycles. The van der Waals surface area contributed by atoms with Crippen molar-refractivity contribution in [3.63, 3.8) is 0 Å². The molecule has 0 fully saturated rings. The number of carbonyl (C=O) groups excluding carboxylic acids is 1. The van der Waals surface area contributed by atoms with E-state index in [1.807, 2.05) is 13.0 Å². The molecule has 0 aliphatic carbocycles. The molecule has 118 valence electrons. The molecule has 0 unspecified atom stereocenters. The molecule has 2 aromatic rings. The molecular formula is C18H18N2O3. The summed E-state index contributed by atoms with van der Waals surface area (Å²) in [5.41, 5.74) is 0.885. The summed E-state index contributed by atoms with van der Waals surface area (Å²) in [4.78, 5) is 12.2. The Morgan fingerprint density at radius 1 is 1.17 bits per heavy atom. The lowest BCUT2D eigenvalue weighted by Crippen LogP contribution is -2.30. The maximum Gasteiger partial charge on any atom is 0.265 e. The number of benzene rings is 2. The summed E-state index contributed by atoms with van der Waals surface area (Å²) >= 11 is 0. The van der Waals surface area contributed by atoms with Gasteiger partial charge in [0, 0.05) is 0 Å². The van der Waals surface area contributed by atoms with Gasteiger partial charge in [0.05, 0.1) is 17.9 Å². The predicted octanol–water partition coefficient (Wildman–Crippen LogP) is 3.36. The third-order valence-electron chi connectivity index (χ3n) is 3.12. The first-order valence-corrected chi connectivity index (χ1v) is 7.33. The van der Waals surface area contributed by atoms with Crippen molar-refractivity contribution in [1.29, 1.82) is 5.26 Å². The van der Waals surface area contributed by atoms with Gasteiger partial charge in [-0.1, -0.05) is 12.1 Å². The Hall–Kier alpha value is -3.00. The molecule has 23 heavy (non-hydrogen) atoms. The molecule has 0 aliphatic rings. The lowest BCUT2D eigenvalue weighted by molar-refractivity contribution is -0.122. The van der Waals surface area contributed by atoms with E-state index in [-0.39, 0.29) is 5.91 Å². The number of nitrogens with one attached hydrogen (secondary N) is 1. The number of ether oxygens (including phenoxy) is 2. The summed E-state index contributed by atoms with van der Waals surface area (Å²) in [7, 11) is 0. The number of hydrogen-bond donors (Lipinski definition) is 1. The molecule has 1 amide bonds. The van der Waals surface area contributed by atoms with Crippen molar-refractivity contribution < 1.29 is 14.3 Å². The molecule has 1 N–H and O–H groups in total. The van der Waals surface area contributed by atoms with Crippen molar-refractivity contribution in [1.82, 2.24) is 0 Å². The Morgan fingerprint density at radius 3 is 2.48 bits per heavy atom. The van der Waals surface area contributed by atoms with Gasteiger partial charge < -0.3 is 14.8 Å². The monoisotopic (exact) mass is 310 g/mol. The van der Waals surface area contributed by atoms with E-state index in [0.717, 1.165) is 5.75 Å². The molecule has 5 heteroatoms. The number of nitriles is 1. The molecule has 0 spiro atoms. The van der Waals surface area contributed by atoms with Crippen LogP contribution >= 0.6 is 0 Å². The maximum atomic E-state index is 12.2. The first-order valence-electron chi connectivity index (χ1n) is 7.33. The highest BCUT2D eigenvalue weighted by Gasteiger charge is 2.16. The third kappa shape index (κ3) is 4.48. The molecule has 0 saturated carbocycles. The molecule has 1 atom stereocenters. The van der Waals surface area contributed by atoms with Crippen LogP contribution in [-0.4, -0.2) is 18.6 Å². The van der Waals surface area contributed by atoms with Crippen molar-refractivity contribution >= 4 is 11.6 Å². The molecule has 0 heterocycles. The lowest BCUT2D eigenvalue weighted by Gasteiger charge is -2.15. The lowest BCUT2D eigenvalue weighted by atomic mass is 10.2. The van der Waals surface area contributed by atoms with E-state index in [9.17, 15) is 4.79 Å². The zero-order chi connectivity index (χ0) is 16.7. The first-order chi connectivity index (χ1) is 11.1. The minimum atomic E-state index is -0.695. The highest BCUT2D eigenvalue weighted by molar-refractivity contribution is 5.95. The number of hydrogen-bond acceptors (Lipinski definition) is 4. The van der Waals surface area contributed by atoms with Crippen LogP contribution < -0.4 is 14.8 Å². The molecule has 2 aromatic carbocycles. The van der Waals surface area contributed by atoms with Crippen LogP contribution in [0.5, 0.6) is 11.5 Å². The number of amides is 1. The molecule has 0 aromatic heterocycles. The van der Waals surface area contributed by atoms with Gasteiger partial charge in [-0.3, -0.25) is 4.79 Å². The van der Waals surface area contributed by atoms with Gasteiger partial charge in [-0.2, -0.15) is 5.26 Å². The van der Waals surface area contributed by atoms with E-state index in [1.54, 1.807) is 55.5 Å². The molecule has 5 nitrogen and oxygen atoms in total. The molecular weight excluding hydrogens is 292 g/mol. The molecule has 0 aliphatic heterocycles. The Balaban J connectivity index is 1.98.